The number of aromatic nitrogens is 1. The van der Waals surface area contributed by atoms with Crippen LogP contribution in [0.15, 0.2) is 48.5 Å². The summed E-state index contributed by atoms with van der Waals surface area (Å²) >= 11 is 0. The first-order valence-electron chi connectivity index (χ1n) is 9.65. The highest BCUT2D eigenvalue weighted by atomic mass is 19.1. The van der Waals surface area contributed by atoms with Crippen LogP contribution in [0.3, 0.4) is 0 Å². The van der Waals surface area contributed by atoms with E-state index in [1.807, 2.05) is 24.3 Å². The zero-order valence-corrected chi connectivity index (χ0v) is 16.1. The molecule has 0 saturated heterocycles. The van der Waals surface area contributed by atoms with E-state index in [0.29, 0.717) is 11.5 Å². The predicted octanol–water partition coefficient (Wildman–Crippen LogP) is 4.29. The molecule has 29 heavy (non-hydrogen) atoms. The number of hydrogen-bond acceptors (Lipinski definition) is 4. The molecule has 148 valence electrons. The molecular formula is C23H21FN2O3. The number of ether oxygens (including phenoxy) is 1. The topological polar surface area (TPSA) is 68.3 Å². The van der Waals surface area contributed by atoms with E-state index >= 15 is 0 Å². The Morgan fingerprint density at radius 3 is 2.76 bits per heavy atom. The molecule has 1 N–H and O–H groups in total. The second-order valence-electron chi connectivity index (χ2n) is 7.38. The Bertz CT molecular complexity index is 1100. The summed E-state index contributed by atoms with van der Waals surface area (Å²) in [5, 5.41) is 3.14. The summed E-state index contributed by atoms with van der Waals surface area (Å²) in [6.07, 6.45) is 2.59. The van der Waals surface area contributed by atoms with E-state index in [0.717, 1.165) is 41.4 Å². The number of amides is 1. The van der Waals surface area contributed by atoms with Crippen LogP contribution in [0.1, 0.15) is 35.0 Å². The standard InChI is InChI=1S/C23H21FN2O3/c1-14-10-11-19-16(12-14)22(15-6-2-4-8-18(15)25-19)23(28)29-13-21(27)26-20-9-5-3-7-17(20)24/h2-9,14H,10-13H2,1H3,(H,26,27)/t14-/m1/s1. The van der Waals surface area contributed by atoms with Crippen LogP contribution in [0.4, 0.5) is 10.1 Å². The van der Waals surface area contributed by atoms with Gasteiger partial charge in [-0.2, -0.15) is 0 Å². The Kier molecular flexibility index (Phi) is 5.25. The van der Waals surface area contributed by atoms with E-state index in [2.05, 4.69) is 12.2 Å². The molecule has 3 aromatic rings. The maximum absolute atomic E-state index is 13.7. The number of para-hydroxylation sites is 2. The fourth-order valence-electron chi connectivity index (χ4n) is 3.75. The zero-order chi connectivity index (χ0) is 20.4. The minimum Gasteiger partial charge on any atom is -0.452 e. The van der Waals surface area contributed by atoms with Crippen molar-refractivity contribution in [2.45, 2.75) is 26.2 Å². The maximum atomic E-state index is 13.7. The Labute approximate surface area is 167 Å². The van der Waals surface area contributed by atoms with Crippen molar-refractivity contribution in [3.63, 3.8) is 0 Å². The molecule has 5 nitrogen and oxygen atoms in total. The van der Waals surface area contributed by atoms with Gasteiger partial charge in [0.25, 0.3) is 5.91 Å². The Hall–Kier alpha value is -3.28. The zero-order valence-electron chi connectivity index (χ0n) is 16.1. The number of nitrogens with one attached hydrogen (secondary N) is 1. The molecule has 0 saturated carbocycles. The lowest BCUT2D eigenvalue weighted by molar-refractivity contribution is -0.119. The minimum atomic E-state index is -0.593. The summed E-state index contributed by atoms with van der Waals surface area (Å²) in [6, 6.07) is 13.3. The first-order chi connectivity index (χ1) is 14.0. The fourth-order valence-corrected chi connectivity index (χ4v) is 3.75. The molecule has 1 aromatic heterocycles. The Balaban J connectivity index is 1.57. The van der Waals surface area contributed by atoms with Crippen molar-refractivity contribution in [2.24, 2.45) is 5.92 Å². The molecule has 1 amide bonds. The third kappa shape index (κ3) is 3.97. The monoisotopic (exact) mass is 392 g/mol. The minimum absolute atomic E-state index is 0.0501. The molecule has 6 heteroatoms. The van der Waals surface area contributed by atoms with Gasteiger partial charge in [-0.15, -0.1) is 0 Å². The first-order valence-corrected chi connectivity index (χ1v) is 9.65. The predicted molar refractivity (Wildman–Crippen MR) is 108 cm³/mol. The fraction of sp³-hybridized carbons (Fsp3) is 0.261. The number of nitrogens with zero attached hydrogens (tertiary/aromatic N) is 1. The maximum Gasteiger partial charge on any atom is 0.339 e. The lowest BCUT2D eigenvalue weighted by atomic mass is 9.84. The molecule has 1 heterocycles. The number of carbonyl (C=O) groups is 2. The average molecular weight is 392 g/mol. The molecule has 2 aromatic carbocycles. The highest BCUT2D eigenvalue weighted by Crippen LogP contribution is 2.32. The largest absolute Gasteiger partial charge is 0.452 e. The van der Waals surface area contributed by atoms with Crippen LogP contribution >= 0.6 is 0 Å². The smallest absolute Gasteiger partial charge is 0.339 e. The van der Waals surface area contributed by atoms with Gasteiger partial charge in [0.05, 0.1) is 16.8 Å². The number of anilines is 1. The van der Waals surface area contributed by atoms with Gasteiger partial charge < -0.3 is 10.1 Å². The van der Waals surface area contributed by atoms with Gasteiger partial charge in [-0.3, -0.25) is 9.78 Å². The van der Waals surface area contributed by atoms with Gasteiger partial charge in [-0.25, -0.2) is 9.18 Å². The number of benzene rings is 2. The van der Waals surface area contributed by atoms with Crippen molar-refractivity contribution in [2.75, 3.05) is 11.9 Å². The van der Waals surface area contributed by atoms with Crippen LogP contribution in [-0.2, 0) is 22.4 Å². The number of rotatable bonds is 4. The van der Waals surface area contributed by atoms with E-state index in [1.165, 1.54) is 18.2 Å². The third-order valence-electron chi connectivity index (χ3n) is 5.19. The van der Waals surface area contributed by atoms with Crippen LogP contribution in [0, 0.1) is 11.7 Å². The Morgan fingerprint density at radius 2 is 1.93 bits per heavy atom. The van der Waals surface area contributed by atoms with Crippen LogP contribution in [0.25, 0.3) is 10.9 Å². The van der Waals surface area contributed by atoms with Crippen molar-refractivity contribution in [3.8, 4) is 0 Å². The highest BCUT2D eigenvalue weighted by Gasteiger charge is 2.26. The lowest BCUT2D eigenvalue weighted by Crippen LogP contribution is -2.24. The van der Waals surface area contributed by atoms with Crippen molar-refractivity contribution >= 4 is 28.5 Å². The molecule has 0 radical (unpaired) electrons. The van der Waals surface area contributed by atoms with E-state index in [1.54, 1.807) is 6.07 Å². The van der Waals surface area contributed by atoms with Gasteiger partial charge in [0, 0.05) is 11.1 Å². The molecule has 0 unspecified atom stereocenters. The molecule has 0 bridgehead atoms. The summed E-state index contributed by atoms with van der Waals surface area (Å²) < 4.78 is 19.0. The quantitative estimate of drug-likeness (QED) is 0.673. The second kappa shape index (κ2) is 7.99. The van der Waals surface area contributed by atoms with E-state index in [-0.39, 0.29) is 5.69 Å². The summed E-state index contributed by atoms with van der Waals surface area (Å²) in [4.78, 5) is 29.8. The summed E-state index contributed by atoms with van der Waals surface area (Å²) in [5.74, 6) is -1.25. The average Bonchev–Trinajstić information content (AvgIpc) is 2.72. The van der Waals surface area contributed by atoms with Gasteiger partial charge in [-0.1, -0.05) is 37.3 Å². The van der Waals surface area contributed by atoms with Crippen molar-refractivity contribution in [1.29, 1.82) is 0 Å². The van der Waals surface area contributed by atoms with Crippen LogP contribution in [0.5, 0.6) is 0 Å². The molecule has 0 spiro atoms. The van der Waals surface area contributed by atoms with Gasteiger partial charge >= 0.3 is 5.97 Å². The lowest BCUT2D eigenvalue weighted by Gasteiger charge is -2.24. The van der Waals surface area contributed by atoms with Gasteiger partial charge in [-0.05, 0) is 48.9 Å². The van der Waals surface area contributed by atoms with Gasteiger partial charge in [0.15, 0.2) is 6.61 Å². The van der Waals surface area contributed by atoms with Crippen molar-refractivity contribution in [3.05, 3.63) is 71.2 Å². The number of hydrogen-bond donors (Lipinski definition) is 1. The van der Waals surface area contributed by atoms with Crippen molar-refractivity contribution < 1.29 is 18.7 Å². The van der Waals surface area contributed by atoms with Crippen LogP contribution in [0.2, 0.25) is 0 Å². The molecule has 4 rings (SSSR count). The van der Waals surface area contributed by atoms with Crippen LogP contribution in [-0.4, -0.2) is 23.5 Å². The normalized spacial score (nSPS) is 15.6. The number of aryl methyl sites for hydroxylation is 1. The molecule has 1 aliphatic rings. The molecule has 1 atom stereocenters. The highest BCUT2D eigenvalue weighted by molar-refractivity contribution is 6.06. The second-order valence-corrected chi connectivity index (χ2v) is 7.38. The first kappa shape index (κ1) is 19.1. The molecule has 0 aliphatic heterocycles. The Morgan fingerprint density at radius 1 is 1.17 bits per heavy atom. The van der Waals surface area contributed by atoms with E-state index in [4.69, 9.17) is 9.72 Å². The summed E-state index contributed by atoms with van der Waals surface area (Å²) in [5.41, 5.74) is 3.10. The SMILES string of the molecule is C[C@@H]1CCc2nc3ccccc3c(C(=O)OCC(=O)Nc3ccccc3F)c2C1. The van der Waals surface area contributed by atoms with Gasteiger partial charge in [0.1, 0.15) is 5.82 Å². The third-order valence-corrected chi connectivity index (χ3v) is 5.19. The molecule has 0 fully saturated rings. The van der Waals surface area contributed by atoms with E-state index < -0.39 is 24.3 Å². The summed E-state index contributed by atoms with van der Waals surface area (Å²) in [7, 11) is 0. The number of esters is 1. The van der Waals surface area contributed by atoms with E-state index in [9.17, 15) is 14.0 Å². The number of fused-ring (bicyclic) bond motifs is 2. The van der Waals surface area contributed by atoms with Crippen molar-refractivity contribution in [1.82, 2.24) is 4.98 Å². The number of halogens is 1. The van der Waals surface area contributed by atoms with Gasteiger partial charge in [0.2, 0.25) is 0 Å². The number of carbonyl (C=O) groups excluding carboxylic acids is 2. The summed E-state index contributed by atoms with van der Waals surface area (Å²) in [6.45, 7) is 1.66. The number of pyridine rings is 1. The van der Waals surface area contributed by atoms with Crippen LogP contribution < -0.4 is 5.32 Å². The molecule has 1 aliphatic carbocycles. The molecular weight excluding hydrogens is 371 g/mol.